The third-order valence-electron chi connectivity index (χ3n) is 4.32. The second-order valence-electron chi connectivity index (χ2n) is 6.30. The molecule has 1 aromatic heterocycles. The van der Waals surface area contributed by atoms with Crippen LogP contribution in [0.1, 0.15) is 35.4 Å². The summed E-state index contributed by atoms with van der Waals surface area (Å²) in [6, 6.07) is 6.13. The third-order valence-corrected chi connectivity index (χ3v) is 4.57. The molecule has 1 aliphatic rings. The van der Waals surface area contributed by atoms with E-state index in [1.807, 2.05) is 0 Å². The minimum Gasteiger partial charge on any atom is -0.369 e. The van der Waals surface area contributed by atoms with E-state index in [0.29, 0.717) is 11.5 Å². The van der Waals surface area contributed by atoms with Gasteiger partial charge in [-0.15, -0.1) is 0 Å². The Hall–Kier alpha value is -2.12. The lowest BCUT2D eigenvalue weighted by Crippen LogP contribution is -2.54. The van der Waals surface area contributed by atoms with E-state index in [1.54, 1.807) is 12.3 Å². The van der Waals surface area contributed by atoms with Crippen LogP contribution in [0.4, 0.5) is 13.2 Å². The van der Waals surface area contributed by atoms with Crippen molar-refractivity contribution in [3.8, 4) is 0 Å². The van der Waals surface area contributed by atoms with Gasteiger partial charge in [0.05, 0.1) is 0 Å². The van der Waals surface area contributed by atoms with Crippen LogP contribution in [0.3, 0.4) is 0 Å². The van der Waals surface area contributed by atoms with Gasteiger partial charge in [0.25, 0.3) is 11.5 Å². The van der Waals surface area contributed by atoms with Crippen LogP contribution in [0.25, 0.3) is 0 Å². The first-order valence-electron chi connectivity index (χ1n) is 7.99. The lowest BCUT2D eigenvalue weighted by molar-refractivity contribution is -0.257. The zero-order chi connectivity index (χ0) is 18.9. The fourth-order valence-corrected chi connectivity index (χ4v) is 2.80. The summed E-state index contributed by atoms with van der Waals surface area (Å²) in [5.74, 6) is -1.12. The van der Waals surface area contributed by atoms with Gasteiger partial charge in [0.15, 0.2) is 0 Å². The Bertz CT molecular complexity index is 807. The second kappa shape index (κ2) is 6.89. The van der Waals surface area contributed by atoms with Crippen molar-refractivity contribution in [3.05, 3.63) is 64.4 Å². The summed E-state index contributed by atoms with van der Waals surface area (Å²) in [7, 11) is 0. The van der Waals surface area contributed by atoms with Crippen LogP contribution in [0.2, 0.25) is 5.02 Å². The van der Waals surface area contributed by atoms with Crippen molar-refractivity contribution in [2.75, 3.05) is 0 Å². The zero-order valence-corrected chi connectivity index (χ0v) is 14.3. The van der Waals surface area contributed by atoms with E-state index in [4.69, 9.17) is 11.6 Å². The van der Waals surface area contributed by atoms with Gasteiger partial charge in [0.1, 0.15) is 0 Å². The number of hydrogen-bond donors (Lipinski definition) is 2. The van der Waals surface area contributed by atoms with Gasteiger partial charge < -0.3 is 10.4 Å². The fourth-order valence-electron chi connectivity index (χ4n) is 2.67. The summed E-state index contributed by atoms with van der Waals surface area (Å²) >= 11 is 5.67. The van der Waals surface area contributed by atoms with Crippen LogP contribution in [-0.4, -0.2) is 22.2 Å². The van der Waals surface area contributed by atoms with Gasteiger partial charge >= 0.3 is 6.18 Å². The third kappa shape index (κ3) is 3.68. The SMILES string of the molecule is O=C(NCc1cncc(C2CC2)c1)[C@](O)(c1ccc(Cl)cc1)C(F)(F)F. The maximum Gasteiger partial charge on any atom is 0.430 e. The number of aliphatic hydroxyl groups is 1. The Morgan fingerprint density at radius 2 is 1.88 bits per heavy atom. The van der Waals surface area contributed by atoms with Gasteiger partial charge in [-0.1, -0.05) is 29.8 Å². The maximum absolute atomic E-state index is 13.5. The normalized spacial score (nSPS) is 16.8. The summed E-state index contributed by atoms with van der Waals surface area (Å²) in [5, 5.41) is 12.6. The highest BCUT2D eigenvalue weighted by Crippen LogP contribution is 2.40. The topological polar surface area (TPSA) is 62.2 Å². The monoisotopic (exact) mass is 384 g/mol. The summed E-state index contributed by atoms with van der Waals surface area (Å²) in [4.78, 5) is 16.3. The van der Waals surface area contributed by atoms with Crippen LogP contribution >= 0.6 is 11.6 Å². The van der Waals surface area contributed by atoms with Crippen LogP contribution < -0.4 is 5.32 Å². The van der Waals surface area contributed by atoms with Crippen molar-refractivity contribution in [1.29, 1.82) is 0 Å². The molecule has 4 nitrogen and oxygen atoms in total. The Balaban J connectivity index is 1.80. The number of rotatable bonds is 5. The Morgan fingerprint density at radius 1 is 1.23 bits per heavy atom. The van der Waals surface area contributed by atoms with Crippen LogP contribution in [0, 0.1) is 0 Å². The number of hydrogen-bond acceptors (Lipinski definition) is 3. The molecule has 1 saturated carbocycles. The highest BCUT2D eigenvalue weighted by atomic mass is 35.5. The molecule has 0 unspecified atom stereocenters. The number of alkyl halides is 3. The Morgan fingerprint density at radius 3 is 2.46 bits per heavy atom. The molecule has 1 amide bonds. The van der Waals surface area contributed by atoms with Crippen LogP contribution in [0.5, 0.6) is 0 Å². The molecule has 1 atom stereocenters. The molecule has 0 spiro atoms. The van der Waals surface area contributed by atoms with E-state index in [-0.39, 0.29) is 11.6 Å². The highest BCUT2D eigenvalue weighted by molar-refractivity contribution is 6.30. The van der Waals surface area contributed by atoms with Gasteiger partial charge in [-0.25, -0.2) is 0 Å². The summed E-state index contributed by atoms with van der Waals surface area (Å²) in [5.41, 5.74) is -2.69. The summed E-state index contributed by atoms with van der Waals surface area (Å²) < 4.78 is 40.5. The average Bonchev–Trinajstić information content (AvgIpc) is 3.44. The summed E-state index contributed by atoms with van der Waals surface area (Å²) in [6.07, 6.45) is 0.104. The van der Waals surface area contributed by atoms with Gasteiger partial charge in [0, 0.05) is 29.5 Å². The molecule has 1 heterocycles. The van der Waals surface area contributed by atoms with Gasteiger partial charge in [-0.05, 0) is 42.0 Å². The van der Waals surface area contributed by atoms with Gasteiger partial charge in [-0.2, -0.15) is 13.2 Å². The number of amides is 1. The molecule has 1 aromatic carbocycles. The molecule has 3 rings (SSSR count). The Labute approximate surface area is 153 Å². The molecule has 0 radical (unpaired) electrons. The van der Waals surface area contributed by atoms with E-state index in [0.717, 1.165) is 30.5 Å². The molecule has 138 valence electrons. The van der Waals surface area contributed by atoms with Crippen molar-refractivity contribution < 1.29 is 23.1 Å². The number of carbonyl (C=O) groups excluding carboxylic acids is 1. The van der Waals surface area contributed by atoms with Crippen molar-refractivity contribution in [1.82, 2.24) is 10.3 Å². The number of nitrogens with one attached hydrogen (secondary N) is 1. The molecule has 1 aliphatic carbocycles. The van der Waals surface area contributed by atoms with Crippen LogP contribution in [0.15, 0.2) is 42.7 Å². The molecule has 26 heavy (non-hydrogen) atoms. The van der Waals surface area contributed by atoms with Gasteiger partial charge in [-0.3, -0.25) is 9.78 Å². The number of halogens is 4. The molecule has 8 heteroatoms. The second-order valence-corrected chi connectivity index (χ2v) is 6.73. The van der Waals surface area contributed by atoms with E-state index in [9.17, 15) is 23.1 Å². The van der Waals surface area contributed by atoms with Crippen molar-refractivity contribution >= 4 is 17.5 Å². The lowest BCUT2D eigenvalue weighted by atomic mass is 9.92. The van der Waals surface area contributed by atoms with Crippen molar-refractivity contribution in [2.45, 2.75) is 37.1 Å². The molecule has 0 bridgehead atoms. The van der Waals surface area contributed by atoms with Crippen molar-refractivity contribution in [3.63, 3.8) is 0 Å². The van der Waals surface area contributed by atoms with E-state index in [2.05, 4.69) is 10.3 Å². The van der Waals surface area contributed by atoms with Crippen molar-refractivity contribution in [2.24, 2.45) is 0 Å². The minimum absolute atomic E-state index is 0.168. The van der Waals surface area contributed by atoms with E-state index >= 15 is 0 Å². The van der Waals surface area contributed by atoms with E-state index < -0.39 is 23.2 Å². The highest BCUT2D eigenvalue weighted by Gasteiger charge is 2.60. The predicted octanol–water partition coefficient (Wildman–Crippen LogP) is 3.68. The summed E-state index contributed by atoms with van der Waals surface area (Å²) in [6.45, 7) is -0.168. The first-order valence-corrected chi connectivity index (χ1v) is 8.37. The number of benzene rings is 1. The number of pyridine rings is 1. The molecular weight excluding hydrogens is 369 g/mol. The quantitative estimate of drug-likeness (QED) is 0.826. The minimum atomic E-state index is -5.20. The molecule has 0 saturated heterocycles. The molecular formula is C18H16ClF3N2O2. The number of carbonyl (C=O) groups is 1. The first kappa shape index (κ1) is 18.7. The molecule has 2 N–H and O–H groups in total. The van der Waals surface area contributed by atoms with Crippen LogP contribution in [-0.2, 0) is 16.9 Å². The average molecular weight is 385 g/mol. The number of aromatic nitrogens is 1. The molecule has 0 aliphatic heterocycles. The lowest BCUT2D eigenvalue weighted by Gasteiger charge is -2.29. The Kier molecular flexibility index (Phi) is 4.94. The number of nitrogens with zero attached hydrogens (tertiary/aromatic N) is 1. The predicted molar refractivity (Wildman–Crippen MR) is 89.5 cm³/mol. The largest absolute Gasteiger partial charge is 0.430 e. The van der Waals surface area contributed by atoms with Gasteiger partial charge in [0.2, 0.25) is 0 Å². The smallest absolute Gasteiger partial charge is 0.369 e. The zero-order valence-electron chi connectivity index (χ0n) is 13.6. The first-order chi connectivity index (χ1) is 12.2. The maximum atomic E-state index is 13.5. The fraction of sp³-hybridized carbons (Fsp3) is 0.333. The molecule has 1 fully saturated rings. The molecule has 2 aromatic rings. The standard InChI is InChI=1S/C18H16ClF3N2O2/c19-15-5-3-14(4-6-15)17(26,18(20,21)22)16(25)24-9-11-7-13(10-23-8-11)12-1-2-12/h3-8,10,12,26H,1-2,9H2,(H,24,25)/t17-/m1/s1. The van der Waals surface area contributed by atoms with E-state index in [1.165, 1.54) is 18.3 Å².